The van der Waals surface area contributed by atoms with Gasteiger partial charge in [-0.25, -0.2) is 0 Å². The van der Waals surface area contributed by atoms with Gasteiger partial charge < -0.3 is 5.11 Å². The van der Waals surface area contributed by atoms with Gasteiger partial charge in [0.05, 0.1) is 6.10 Å². The second-order valence-corrected chi connectivity index (χ2v) is 4.77. The van der Waals surface area contributed by atoms with Gasteiger partial charge in [0.15, 0.2) is 0 Å². The molecule has 0 aromatic carbocycles. The van der Waals surface area contributed by atoms with Crippen molar-refractivity contribution >= 4 is 0 Å². The van der Waals surface area contributed by atoms with E-state index in [1.165, 1.54) is 25.7 Å². The summed E-state index contributed by atoms with van der Waals surface area (Å²) in [5.41, 5.74) is 3.16. The van der Waals surface area contributed by atoms with Crippen LogP contribution in [-0.4, -0.2) is 11.2 Å². The van der Waals surface area contributed by atoms with E-state index in [1.54, 1.807) is 11.1 Å². The first kappa shape index (κ1) is 9.26. The predicted octanol–water partition coefficient (Wildman–Crippen LogP) is 2.89. The fourth-order valence-electron chi connectivity index (χ4n) is 3.07. The van der Waals surface area contributed by atoms with E-state index in [4.69, 9.17) is 0 Å². The van der Waals surface area contributed by atoms with Gasteiger partial charge in [-0.1, -0.05) is 17.6 Å². The van der Waals surface area contributed by atoms with Crippen LogP contribution in [0.5, 0.6) is 0 Å². The molecule has 1 saturated carbocycles. The summed E-state index contributed by atoms with van der Waals surface area (Å²) in [5, 5.41) is 9.89. The van der Waals surface area contributed by atoms with Crippen LogP contribution < -0.4 is 0 Å². The van der Waals surface area contributed by atoms with Crippen LogP contribution in [0.2, 0.25) is 0 Å². The Bertz CT molecular complexity index is 229. The molecule has 2 rings (SSSR count). The molecular formula is C12H20O. The highest BCUT2D eigenvalue weighted by molar-refractivity contribution is 5.19. The summed E-state index contributed by atoms with van der Waals surface area (Å²) in [7, 11) is 0. The Morgan fingerprint density at radius 1 is 1.15 bits per heavy atom. The summed E-state index contributed by atoms with van der Waals surface area (Å²) in [4.78, 5) is 0. The SMILES string of the molecule is CC1=C(C)C2CCCC(O)C2CC1. The number of hydrogen-bond acceptors (Lipinski definition) is 1. The molecule has 3 atom stereocenters. The van der Waals surface area contributed by atoms with Crippen LogP contribution in [0.25, 0.3) is 0 Å². The lowest BCUT2D eigenvalue weighted by atomic mass is 9.67. The minimum atomic E-state index is -0.0122. The zero-order valence-electron chi connectivity index (χ0n) is 8.71. The maximum Gasteiger partial charge on any atom is 0.0574 e. The second-order valence-electron chi connectivity index (χ2n) is 4.77. The maximum absolute atomic E-state index is 9.89. The van der Waals surface area contributed by atoms with Gasteiger partial charge >= 0.3 is 0 Å². The lowest BCUT2D eigenvalue weighted by Crippen LogP contribution is -2.35. The highest BCUT2D eigenvalue weighted by atomic mass is 16.3. The molecule has 2 aliphatic rings. The van der Waals surface area contributed by atoms with Gasteiger partial charge in [-0.15, -0.1) is 0 Å². The molecule has 0 saturated heterocycles. The van der Waals surface area contributed by atoms with E-state index < -0.39 is 0 Å². The van der Waals surface area contributed by atoms with E-state index in [0.29, 0.717) is 11.8 Å². The van der Waals surface area contributed by atoms with Crippen LogP contribution in [0.3, 0.4) is 0 Å². The van der Waals surface area contributed by atoms with Crippen molar-refractivity contribution in [2.45, 2.75) is 52.1 Å². The normalized spacial score (nSPS) is 40.4. The van der Waals surface area contributed by atoms with Crippen LogP contribution in [-0.2, 0) is 0 Å². The summed E-state index contributed by atoms with van der Waals surface area (Å²) in [6, 6.07) is 0. The molecule has 0 bridgehead atoms. The summed E-state index contributed by atoms with van der Waals surface area (Å²) in [5.74, 6) is 1.29. The molecule has 0 heterocycles. The largest absolute Gasteiger partial charge is 0.393 e. The summed E-state index contributed by atoms with van der Waals surface area (Å²) >= 11 is 0. The molecule has 0 aliphatic heterocycles. The Balaban J connectivity index is 2.21. The molecule has 1 fully saturated rings. The van der Waals surface area contributed by atoms with Crippen molar-refractivity contribution in [1.82, 2.24) is 0 Å². The molecule has 0 spiro atoms. The summed E-state index contributed by atoms with van der Waals surface area (Å²) < 4.78 is 0. The third kappa shape index (κ3) is 1.54. The number of hydrogen-bond donors (Lipinski definition) is 1. The highest BCUT2D eigenvalue weighted by Crippen LogP contribution is 2.43. The molecule has 13 heavy (non-hydrogen) atoms. The van der Waals surface area contributed by atoms with Gasteiger partial charge in [-0.3, -0.25) is 0 Å². The monoisotopic (exact) mass is 180 g/mol. The molecule has 0 amide bonds. The van der Waals surface area contributed by atoms with Crippen molar-refractivity contribution in [2.24, 2.45) is 11.8 Å². The summed E-state index contributed by atoms with van der Waals surface area (Å²) in [6.07, 6.45) is 5.98. The average Bonchev–Trinajstić information content (AvgIpc) is 2.12. The molecule has 0 radical (unpaired) electrons. The Morgan fingerprint density at radius 2 is 1.92 bits per heavy atom. The lowest BCUT2D eigenvalue weighted by Gasteiger charge is -2.40. The van der Waals surface area contributed by atoms with Crippen molar-refractivity contribution in [3.8, 4) is 0 Å². The van der Waals surface area contributed by atoms with Gasteiger partial charge in [0.2, 0.25) is 0 Å². The summed E-state index contributed by atoms with van der Waals surface area (Å²) in [6.45, 7) is 4.52. The van der Waals surface area contributed by atoms with Gasteiger partial charge in [-0.2, -0.15) is 0 Å². The average molecular weight is 180 g/mol. The number of fused-ring (bicyclic) bond motifs is 1. The van der Waals surface area contributed by atoms with Crippen LogP contribution in [0.4, 0.5) is 0 Å². The van der Waals surface area contributed by atoms with Crippen molar-refractivity contribution in [3.63, 3.8) is 0 Å². The molecule has 74 valence electrons. The van der Waals surface area contributed by atoms with Crippen LogP contribution >= 0.6 is 0 Å². The molecule has 1 N–H and O–H groups in total. The van der Waals surface area contributed by atoms with Crippen LogP contribution in [0.1, 0.15) is 46.0 Å². The van der Waals surface area contributed by atoms with Crippen molar-refractivity contribution in [1.29, 1.82) is 0 Å². The highest BCUT2D eigenvalue weighted by Gasteiger charge is 2.35. The van der Waals surface area contributed by atoms with E-state index in [-0.39, 0.29) is 6.10 Å². The van der Waals surface area contributed by atoms with E-state index in [9.17, 15) is 5.11 Å². The molecule has 0 aromatic rings. The van der Waals surface area contributed by atoms with Gasteiger partial charge in [-0.05, 0) is 51.4 Å². The number of aliphatic hydroxyl groups excluding tert-OH is 1. The van der Waals surface area contributed by atoms with E-state index >= 15 is 0 Å². The number of allylic oxidation sites excluding steroid dienone is 2. The first-order chi connectivity index (χ1) is 6.20. The number of rotatable bonds is 0. The third-order valence-electron chi connectivity index (χ3n) is 4.11. The van der Waals surface area contributed by atoms with Crippen molar-refractivity contribution in [3.05, 3.63) is 11.1 Å². The first-order valence-corrected chi connectivity index (χ1v) is 5.54. The quantitative estimate of drug-likeness (QED) is 0.568. The molecule has 1 nitrogen and oxygen atoms in total. The Morgan fingerprint density at radius 3 is 2.69 bits per heavy atom. The standard InChI is InChI=1S/C12H20O/c1-8-6-7-11-10(9(8)2)4-3-5-12(11)13/h10-13H,3-7H2,1-2H3. The maximum atomic E-state index is 9.89. The second kappa shape index (κ2) is 3.45. The van der Waals surface area contributed by atoms with Gasteiger partial charge in [0.1, 0.15) is 0 Å². The zero-order chi connectivity index (χ0) is 9.42. The van der Waals surface area contributed by atoms with Crippen molar-refractivity contribution < 1.29 is 5.11 Å². The molecule has 3 unspecified atom stereocenters. The zero-order valence-corrected chi connectivity index (χ0v) is 8.71. The number of aliphatic hydroxyl groups is 1. The molecule has 2 aliphatic carbocycles. The topological polar surface area (TPSA) is 20.2 Å². The lowest BCUT2D eigenvalue weighted by molar-refractivity contribution is 0.0345. The fraction of sp³-hybridized carbons (Fsp3) is 0.833. The van der Waals surface area contributed by atoms with Crippen LogP contribution in [0.15, 0.2) is 11.1 Å². The fourth-order valence-corrected chi connectivity index (χ4v) is 3.07. The molecular weight excluding hydrogens is 160 g/mol. The van der Waals surface area contributed by atoms with Crippen molar-refractivity contribution in [2.75, 3.05) is 0 Å². The molecule has 0 aromatic heterocycles. The Hall–Kier alpha value is -0.300. The third-order valence-corrected chi connectivity index (χ3v) is 4.11. The molecule has 1 heteroatoms. The van der Waals surface area contributed by atoms with E-state index in [1.807, 2.05) is 0 Å². The van der Waals surface area contributed by atoms with Gasteiger partial charge in [0, 0.05) is 0 Å². The van der Waals surface area contributed by atoms with Crippen LogP contribution in [0, 0.1) is 11.8 Å². The Kier molecular flexibility index (Phi) is 2.46. The first-order valence-electron chi connectivity index (χ1n) is 5.54. The minimum Gasteiger partial charge on any atom is -0.393 e. The van der Waals surface area contributed by atoms with Gasteiger partial charge in [0.25, 0.3) is 0 Å². The van der Waals surface area contributed by atoms with E-state index in [0.717, 1.165) is 6.42 Å². The van der Waals surface area contributed by atoms with E-state index in [2.05, 4.69) is 13.8 Å². The predicted molar refractivity (Wildman–Crippen MR) is 54.4 cm³/mol. The smallest absolute Gasteiger partial charge is 0.0574 e. The minimum absolute atomic E-state index is 0.0122. The Labute approximate surface area is 80.8 Å².